The van der Waals surface area contributed by atoms with Crippen LogP contribution in [0.1, 0.15) is 23.3 Å². The highest BCUT2D eigenvalue weighted by atomic mass is 16.4. The monoisotopic (exact) mass is 245 g/mol. The highest BCUT2D eigenvalue weighted by Crippen LogP contribution is 2.09. The van der Waals surface area contributed by atoms with Crippen LogP contribution in [0.15, 0.2) is 40.9 Å². The molecular formula is C13H15N3O2. The first-order valence-electron chi connectivity index (χ1n) is 5.66. The summed E-state index contributed by atoms with van der Waals surface area (Å²) in [5, 5.41) is 2.69. The van der Waals surface area contributed by atoms with Gasteiger partial charge in [-0.1, -0.05) is 30.3 Å². The molecule has 5 nitrogen and oxygen atoms in total. The number of carbonyl (C=O) groups is 1. The molecule has 2 aromatic rings. The van der Waals surface area contributed by atoms with E-state index in [0.717, 1.165) is 5.56 Å². The number of nitrogens with one attached hydrogen (secondary N) is 1. The highest BCUT2D eigenvalue weighted by molar-refractivity contribution is 5.82. The van der Waals surface area contributed by atoms with E-state index in [9.17, 15) is 4.79 Å². The van der Waals surface area contributed by atoms with Gasteiger partial charge in [-0.2, -0.15) is 0 Å². The fourth-order valence-electron chi connectivity index (χ4n) is 1.57. The van der Waals surface area contributed by atoms with Gasteiger partial charge in [-0.3, -0.25) is 4.79 Å². The molecule has 3 N–H and O–H groups in total. The van der Waals surface area contributed by atoms with Crippen molar-refractivity contribution in [1.29, 1.82) is 0 Å². The second kappa shape index (κ2) is 5.46. The van der Waals surface area contributed by atoms with E-state index in [1.807, 2.05) is 30.3 Å². The summed E-state index contributed by atoms with van der Waals surface area (Å²) in [4.78, 5) is 15.8. The van der Waals surface area contributed by atoms with Crippen LogP contribution in [0.4, 0.5) is 0 Å². The Morgan fingerprint density at radius 1 is 1.44 bits per heavy atom. The molecule has 1 atom stereocenters. The predicted molar refractivity (Wildman–Crippen MR) is 66.5 cm³/mol. The van der Waals surface area contributed by atoms with Gasteiger partial charge in [-0.15, -0.1) is 0 Å². The summed E-state index contributed by atoms with van der Waals surface area (Å²) in [6.07, 6.45) is 1.61. The fourth-order valence-corrected chi connectivity index (χ4v) is 1.57. The molecule has 1 aromatic heterocycles. The van der Waals surface area contributed by atoms with Crippen LogP contribution in [-0.2, 0) is 11.3 Å². The quantitative estimate of drug-likeness (QED) is 0.850. The molecule has 0 aliphatic heterocycles. The van der Waals surface area contributed by atoms with Gasteiger partial charge in [0.2, 0.25) is 11.8 Å². The van der Waals surface area contributed by atoms with E-state index in [4.69, 9.17) is 10.2 Å². The summed E-state index contributed by atoms with van der Waals surface area (Å²) < 4.78 is 5.25. The number of carbonyl (C=O) groups excluding carboxylic acids is 1. The van der Waals surface area contributed by atoms with Crippen molar-refractivity contribution < 1.29 is 9.21 Å². The summed E-state index contributed by atoms with van der Waals surface area (Å²) >= 11 is 0. The van der Waals surface area contributed by atoms with Gasteiger partial charge in [-0.05, 0) is 12.5 Å². The molecule has 0 fully saturated rings. The number of rotatable bonds is 4. The maximum atomic E-state index is 11.8. The van der Waals surface area contributed by atoms with Crippen molar-refractivity contribution in [2.45, 2.75) is 19.5 Å². The molecule has 2 rings (SSSR count). The van der Waals surface area contributed by atoms with Gasteiger partial charge in [0, 0.05) is 0 Å². The molecule has 0 unspecified atom stereocenters. The van der Waals surface area contributed by atoms with E-state index in [1.54, 1.807) is 13.1 Å². The van der Waals surface area contributed by atoms with Gasteiger partial charge >= 0.3 is 0 Å². The minimum absolute atomic E-state index is 0.243. The first-order valence-corrected chi connectivity index (χ1v) is 5.66. The zero-order valence-corrected chi connectivity index (χ0v) is 10.1. The molecule has 0 bridgehead atoms. The van der Waals surface area contributed by atoms with Crippen molar-refractivity contribution in [3.8, 4) is 0 Å². The number of aromatic nitrogens is 1. The first-order chi connectivity index (χ1) is 8.66. The molecule has 0 saturated heterocycles. The Kier molecular flexibility index (Phi) is 3.74. The molecule has 1 heterocycles. The number of oxazole rings is 1. The smallest absolute Gasteiger partial charge is 0.241 e. The lowest BCUT2D eigenvalue weighted by molar-refractivity contribution is -0.122. The van der Waals surface area contributed by atoms with Crippen molar-refractivity contribution in [3.05, 3.63) is 53.7 Å². The number of nitrogens with two attached hydrogens (primary N) is 1. The summed E-state index contributed by atoms with van der Waals surface area (Å²) in [5.74, 6) is 0.935. The minimum atomic E-state index is -0.678. The Labute approximate surface area is 105 Å². The van der Waals surface area contributed by atoms with E-state index in [0.29, 0.717) is 11.7 Å². The van der Waals surface area contributed by atoms with Crippen LogP contribution in [0.2, 0.25) is 0 Å². The Hall–Kier alpha value is -2.14. The van der Waals surface area contributed by atoms with Gasteiger partial charge in [0.05, 0.1) is 12.7 Å². The van der Waals surface area contributed by atoms with Gasteiger partial charge in [0.15, 0.2) is 0 Å². The zero-order chi connectivity index (χ0) is 13.0. The zero-order valence-electron chi connectivity index (χ0n) is 10.1. The molecule has 0 aliphatic rings. The molecule has 1 aromatic carbocycles. The second-order valence-corrected chi connectivity index (χ2v) is 3.97. The average molecular weight is 245 g/mol. The van der Waals surface area contributed by atoms with Crippen LogP contribution in [0, 0.1) is 6.92 Å². The molecule has 0 saturated carbocycles. The lowest BCUT2D eigenvalue weighted by Gasteiger charge is -2.11. The van der Waals surface area contributed by atoms with Crippen molar-refractivity contribution in [1.82, 2.24) is 10.3 Å². The Morgan fingerprint density at radius 3 is 2.78 bits per heavy atom. The highest BCUT2D eigenvalue weighted by Gasteiger charge is 2.15. The van der Waals surface area contributed by atoms with Crippen molar-refractivity contribution in [2.24, 2.45) is 5.73 Å². The number of benzene rings is 1. The van der Waals surface area contributed by atoms with Gasteiger partial charge in [0.1, 0.15) is 11.8 Å². The minimum Gasteiger partial charge on any atom is -0.444 e. The SMILES string of the molecule is Cc1cnc(CNC(=O)[C@H](N)c2ccccc2)o1. The van der Waals surface area contributed by atoms with Crippen LogP contribution < -0.4 is 11.1 Å². The summed E-state index contributed by atoms with van der Waals surface area (Å²) in [5.41, 5.74) is 6.62. The van der Waals surface area contributed by atoms with Crippen LogP contribution >= 0.6 is 0 Å². The second-order valence-electron chi connectivity index (χ2n) is 3.97. The number of nitrogens with zero attached hydrogens (tertiary/aromatic N) is 1. The Balaban J connectivity index is 1.92. The maximum Gasteiger partial charge on any atom is 0.241 e. The van der Waals surface area contributed by atoms with Gasteiger partial charge < -0.3 is 15.5 Å². The molecule has 94 valence electrons. The summed E-state index contributed by atoms with van der Waals surface area (Å²) in [6, 6.07) is 8.53. The van der Waals surface area contributed by atoms with Crippen LogP contribution in [0.25, 0.3) is 0 Å². The van der Waals surface area contributed by atoms with E-state index in [2.05, 4.69) is 10.3 Å². The normalized spacial score (nSPS) is 12.1. The standard InChI is InChI=1S/C13H15N3O2/c1-9-7-15-11(18-9)8-16-13(17)12(14)10-5-3-2-4-6-10/h2-7,12H,8,14H2,1H3,(H,16,17)/t12-/m1/s1. The average Bonchev–Trinajstić information content (AvgIpc) is 2.82. The van der Waals surface area contributed by atoms with Crippen molar-refractivity contribution >= 4 is 5.91 Å². The molecule has 0 radical (unpaired) electrons. The van der Waals surface area contributed by atoms with Crippen LogP contribution in [-0.4, -0.2) is 10.9 Å². The summed E-state index contributed by atoms with van der Waals surface area (Å²) in [7, 11) is 0. The lowest BCUT2D eigenvalue weighted by Crippen LogP contribution is -2.33. The van der Waals surface area contributed by atoms with E-state index >= 15 is 0 Å². The Bertz CT molecular complexity index is 522. The molecule has 0 aliphatic carbocycles. The lowest BCUT2D eigenvalue weighted by atomic mass is 10.1. The van der Waals surface area contributed by atoms with Crippen molar-refractivity contribution in [2.75, 3.05) is 0 Å². The number of hydrogen-bond donors (Lipinski definition) is 2. The molecule has 5 heteroatoms. The van der Waals surface area contributed by atoms with E-state index < -0.39 is 6.04 Å². The molecule has 0 spiro atoms. The van der Waals surface area contributed by atoms with Gasteiger partial charge in [-0.25, -0.2) is 4.98 Å². The summed E-state index contributed by atoms with van der Waals surface area (Å²) in [6.45, 7) is 2.04. The molecule has 1 amide bonds. The number of aryl methyl sites for hydroxylation is 1. The molecule has 18 heavy (non-hydrogen) atoms. The number of hydrogen-bond acceptors (Lipinski definition) is 4. The third kappa shape index (κ3) is 2.95. The van der Waals surface area contributed by atoms with E-state index in [-0.39, 0.29) is 12.5 Å². The fraction of sp³-hybridized carbons (Fsp3) is 0.231. The van der Waals surface area contributed by atoms with Gasteiger partial charge in [0.25, 0.3) is 0 Å². The van der Waals surface area contributed by atoms with Crippen molar-refractivity contribution in [3.63, 3.8) is 0 Å². The third-order valence-corrected chi connectivity index (χ3v) is 2.52. The first kappa shape index (κ1) is 12.3. The predicted octanol–water partition coefficient (Wildman–Crippen LogP) is 1.30. The number of amides is 1. The third-order valence-electron chi connectivity index (χ3n) is 2.52. The molecular weight excluding hydrogens is 230 g/mol. The van der Waals surface area contributed by atoms with Crippen LogP contribution in [0.3, 0.4) is 0 Å². The van der Waals surface area contributed by atoms with Crippen LogP contribution in [0.5, 0.6) is 0 Å². The topological polar surface area (TPSA) is 81.2 Å². The largest absolute Gasteiger partial charge is 0.444 e. The maximum absolute atomic E-state index is 11.8. The van der Waals surface area contributed by atoms with E-state index in [1.165, 1.54) is 0 Å². The Morgan fingerprint density at radius 2 is 2.17 bits per heavy atom.